The highest BCUT2D eigenvalue weighted by Crippen LogP contribution is 2.10. The SMILES string of the molecule is CC(CCN)C(=O)NCC(C(=O)O)C(C)C. The summed E-state index contributed by atoms with van der Waals surface area (Å²) in [5.41, 5.74) is 5.35. The Bertz CT molecular complexity index is 241. The second-order valence-corrected chi connectivity index (χ2v) is 4.41. The van der Waals surface area contributed by atoms with E-state index in [-0.39, 0.29) is 24.3 Å². The summed E-state index contributed by atoms with van der Waals surface area (Å²) in [6, 6.07) is 0. The van der Waals surface area contributed by atoms with Crippen LogP contribution in [0.3, 0.4) is 0 Å². The van der Waals surface area contributed by atoms with E-state index in [1.807, 2.05) is 13.8 Å². The van der Waals surface area contributed by atoms with Crippen molar-refractivity contribution in [1.29, 1.82) is 0 Å². The van der Waals surface area contributed by atoms with Gasteiger partial charge in [0.15, 0.2) is 0 Å². The first kappa shape index (κ1) is 14.9. The van der Waals surface area contributed by atoms with Gasteiger partial charge in [0.2, 0.25) is 5.91 Å². The molecule has 5 nitrogen and oxygen atoms in total. The van der Waals surface area contributed by atoms with Crippen molar-refractivity contribution in [2.24, 2.45) is 23.5 Å². The molecular formula is C11H22N2O3. The molecule has 16 heavy (non-hydrogen) atoms. The molecule has 0 fully saturated rings. The zero-order valence-electron chi connectivity index (χ0n) is 10.2. The summed E-state index contributed by atoms with van der Waals surface area (Å²) in [7, 11) is 0. The third kappa shape index (κ3) is 5.11. The van der Waals surface area contributed by atoms with Crippen molar-refractivity contribution in [2.45, 2.75) is 27.2 Å². The highest BCUT2D eigenvalue weighted by atomic mass is 16.4. The second-order valence-electron chi connectivity index (χ2n) is 4.41. The Labute approximate surface area is 96.4 Å². The summed E-state index contributed by atoms with van der Waals surface area (Å²) in [5.74, 6) is -1.69. The molecule has 5 heteroatoms. The van der Waals surface area contributed by atoms with Crippen LogP contribution in [-0.2, 0) is 9.59 Å². The van der Waals surface area contributed by atoms with Crippen LogP contribution in [0, 0.1) is 17.8 Å². The first-order valence-electron chi connectivity index (χ1n) is 5.60. The number of aliphatic carboxylic acids is 1. The van der Waals surface area contributed by atoms with Gasteiger partial charge >= 0.3 is 5.97 Å². The third-order valence-corrected chi connectivity index (χ3v) is 2.67. The Balaban J connectivity index is 4.11. The molecule has 0 aliphatic carbocycles. The minimum atomic E-state index is -0.873. The number of carboxylic acids is 1. The Morgan fingerprint density at radius 3 is 2.25 bits per heavy atom. The van der Waals surface area contributed by atoms with Gasteiger partial charge in [-0.15, -0.1) is 0 Å². The zero-order valence-corrected chi connectivity index (χ0v) is 10.2. The van der Waals surface area contributed by atoms with Gasteiger partial charge in [-0.1, -0.05) is 20.8 Å². The predicted molar refractivity (Wildman–Crippen MR) is 61.8 cm³/mol. The van der Waals surface area contributed by atoms with Crippen molar-refractivity contribution < 1.29 is 14.7 Å². The van der Waals surface area contributed by atoms with E-state index in [0.717, 1.165) is 0 Å². The fourth-order valence-electron chi connectivity index (χ4n) is 1.37. The number of nitrogens with one attached hydrogen (secondary N) is 1. The van der Waals surface area contributed by atoms with Gasteiger partial charge in [-0.2, -0.15) is 0 Å². The third-order valence-electron chi connectivity index (χ3n) is 2.67. The topological polar surface area (TPSA) is 92.4 Å². The lowest BCUT2D eigenvalue weighted by atomic mass is 9.95. The van der Waals surface area contributed by atoms with Crippen LogP contribution in [0.25, 0.3) is 0 Å². The molecule has 1 amide bonds. The van der Waals surface area contributed by atoms with Gasteiger partial charge in [-0.25, -0.2) is 0 Å². The summed E-state index contributed by atoms with van der Waals surface area (Å²) in [5, 5.41) is 11.6. The monoisotopic (exact) mass is 230 g/mol. The number of rotatable bonds is 7. The average Bonchev–Trinajstić information content (AvgIpc) is 2.16. The molecule has 2 atom stereocenters. The highest BCUT2D eigenvalue weighted by Gasteiger charge is 2.22. The predicted octanol–water partition coefficient (Wildman–Crippen LogP) is 0.444. The maximum atomic E-state index is 11.5. The van der Waals surface area contributed by atoms with E-state index in [9.17, 15) is 9.59 Å². The number of nitrogens with two attached hydrogens (primary N) is 1. The van der Waals surface area contributed by atoms with Crippen molar-refractivity contribution in [3.8, 4) is 0 Å². The van der Waals surface area contributed by atoms with E-state index in [1.165, 1.54) is 0 Å². The maximum absolute atomic E-state index is 11.5. The zero-order chi connectivity index (χ0) is 12.7. The standard InChI is InChI=1S/C11H22N2O3/c1-7(2)9(11(15)16)6-13-10(14)8(3)4-5-12/h7-9H,4-6,12H2,1-3H3,(H,13,14)(H,15,16). The van der Waals surface area contributed by atoms with Crippen LogP contribution in [0.1, 0.15) is 27.2 Å². The largest absolute Gasteiger partial charge is 0.481 e. The van der Waals surface area contributed by atoms with E-state index in [0.29, 0.717) is 13.0 Å². The molecule has 0 aliphatic heterocycles. The summed E-state index contributed by atoms with van der Waals surface area (Å²) in [4.78, 5) is 22.4. The summed E-state index contributed by atoms with van der Waals surface area (Å²) in [6.45, 7) is 6.08. The molecule has 0 aromatic carbocycles. The molecule has 0 bridgehead atoms. The lowest BCUT2D eigenvalue weighted by Gasteiger charge is -2.18. The lowest BCUT2D eigenvalue weighted by Crippen LogP contribution is -2.38. The van der Waals surface area contributed by atoms with E-state index in [4.69, 9.17) is 10.8 Å². The fourth-order valence-corrected chi connectivity index (χ4v) is 1.37. The molecule has 0 aromatic heterocycles. The molecule has 2 unspecified atom stereocenters. The van der Waals surface area contributed by atoms with Gasteiger partial charge in [0.25, 0.3) is 0 Å². The van der Waals surface area contributed by atoms with Gasteiger partial charge in [-0.05, 0) is 18.9 Å². The maximum Gasteiger partial charge on any atom is 0.308 e. The van der Waals surface area contributed by atoms with Crippen molar-refractivity contribution in [3.05, 3.63) is 0 Å². The normalized spacial score (nSPS) is 14.6. The lowest BCUT2D eigenvalue weighted by molar-refractivity contribution is -0.143. The molecule has 0 saturated carbocycles. The van der Waals surface area contributed by atoms with Crippen LogP contribution in [0.15, 0.2) is 0 Å². The Morgan fingerprint density at radius 1 is 1.31 bits per heavy atom. The smallest absolute Gasteiger partial charge is 0.308 e. The number of hydrogen-bond donors (Lipinski definition) is 3. The Morgan fingerprint density at radius 2 is 1.88 bits per heavy atom. The van der Waals surface area contributed by atoms with Crippen molar-refractivity contribution in [3.63, 3.8) is 0 Å². The van der Waals surface area contributed by atoms with Crippen LogP contribution in [-0.4, -0.2) is 30.1 Å². The number of hydrogen-bond acceptors (Lipinski definition) is 3. The molecule has 0 radical (unpaired) electrons. The summed E-state index contributed by atoms with van der Waals surface area (Å²) >= 11 is 0. The number of carboxylic acid groups (broad SMARTS) is 1. The molecule has 94 valence electrons. The molecule has 4 N–H and O–H groups in total. The van der Waals surface area contributed by atoms with Crippen LogP contribution in [0.2, 0.25) is 0 Å². The first-order chi connectivity index (χ1) is 7.40. The second kappa shape index (κ2) is 7.22. The van der Waals surface area contributed by atoms with Gasteiger partial charge in [0, 0.05) is 12.5 Å². The van der Waals surface area contributed by atoms with E-state index in [2.05, 4.69) is 5.32 Å². The van der Waals surface area contributed by atoms with Crippen LogP contribution in [0.5, 0.6) is 0 Å². The van der Waals surface area contributed by atoms with Crippen molar-refractivity contribution in [1.82, 2.24) is 5.32 Å². The molecule has 0 heterocycles. The molecule has 0 saturated heterocycles. The van der Waals surface area contributed by atoms with E-state index >= 15 is 0 Å². The number of carbonyl (C=O) groups is 2. The van der Waals surface area contributed by atoms with Crippen molar-refractivity contribution >= 4 is 11.9 Å². The van der Waals surface area contributed by atoms with Crippen LogP contribution in [0.4, 0.5) is 0 Å². The van der Waals surface area contributed by atoms with E-state index in [1.54, 1.807) is 6.92 Å². The van der Waals surface area contributed by atoms with E-state index < -0.39 is 11.9 Å². The molecule has 0 spiro atoms. The summed E-state index contributed by atoms with van der Waals surface area (Å²) in [6.07, 6.45) is 0.616. The molecule has 0 rings (SSSR count). The fraction of sp³-hybridized carbons (Fsp3) is 0.818. The minimum absolute atomic E-state index is 0.00242. The number of carbonyl (C=O) groups excluding carboxylic acids is 1. The van der Waals surface area contributed by atoms with Gasteiger partial charge < -0.3 is 16.2 Å². The van der Waals surface area contributed by atoms with Gasteiger partial charge in [0.05, 0.1) is 5.92 Å². The average molecular weight is 230 g/mol. The first-order valence-corrected chi connectivity index (χ1v) is 5.60. The quantitative estimate of drug-likeness (QED) is 0.592. The molecule has 0 aromatic rings. The molecule has 0 aliphatic rings. The Hall–Kier alpha value is -1.10. The van der Waals surface area contributed by atoms with Gasteiger partial charge in [-0.3, -0.25) is 9.59 Å². The van der Waals surface area contributed by atoms with Gasteiger partial charge in [0.1, 0.15) is 0 Å². The van der Waals surface area contributed by atoms with Crippen LogP contribution < -0.4 is 11.1 Å². The van der Waals surface area contributed by atoms with Crippen LogP contribution >= 0.6 is 0 Å². The minimum Gasteiger partial charge on any atom is -0.481 e. The number of amides is 1. The molecular weight excluding hydrogens is 208 g/mol. The highest BCUT2D eigenvalue weighted by molar-refractivity contribution is 5.79. The van der Waals surface area contributed by atoms with Crippen molar-refractivity contribution in [2.75, 3.05) is 13.1 Å². The Kier molecular flexibility index (Phi) is 6.72. The summed E-state index contributed by atoms with van der Waals surface area (Å²) < 4.78 is 0.